The van der Waals surface area contributed by atoms with Gasteiger partial charge in [0, 0.05) is 32.4 Å². The van der Waals surface area contributed by atoms with E-state index >= 15 is 0 Å². The van der Waals surface area contributed by atoms with Crippen LogP contribution in [0.2, 0.25) is 0 Å². The van der Waals surface area contributed by atoms with Crippen LogP contribution in [0.25, 0.3) is 0 Å². The van der Waals surface area contributed by atoms with E-state index in [0.717, 1.165) is 43.1 Å². The van der Waals surface area contributed by atoms with Crippen LogP contribution in [0.1, 0.15) is 24.2 Å². The third-order valence-corrected chi connectivity index (χ3v) is 2.97. The van der Waals surface area contributed by atoms with Crippen LogP contribution in [-0.4, -0.2) is 36.3 Å². The molecule has 0 unspecified atom stereocenters. The van der Waals surface area contributed by atoms with Gasteiger partial charge in [-0.1, -0.05) is 0 Å². The van der Waals surface area contributed by atoms with Gasteiger partial charge in [0.1, 0.15) is 5.82 Å². The van der Waals surface area contributed by atoms with E-state index in [-0.39, 0.29) is 0 Å². The Morgan fingerprint density at radius 1 is 1.44 bits per heavy atom. The molecule has 1 aliphatic rings. The molecule has 0 bridgehead atoms. The summed E-state index contributed by atoms with van der Waals surface area (Å²) >= 11 is 0. The molecular formula is C12H19N3O. The van der Waals surface area contributed by atoms with E-state index in [1.165, 1.54) is 0 Å². The summed E-state index contributed by atoms with van der Waals surface area (Å²) in [5, 5.41) is 12.8. The van der Waals surface area contributed by atoms with E-state index in [1.54, 1.807) is 13.1 Å². The van der Waals surface area contributed by atoms with E-state index < -0.39 is 6.10 Å². The largest absolute Gasteiger partial charge is 0.389 e. The SMILES string of the molecule is Cc1cc([C@@H](C)O)cnc1N1CCNCC1. The van der Waals surface area contributed by atoms with Crippen molar-refractivity contribution in [3.05, 3.63) is 23.4 Å². The van der Waals surface area contributed by atoms with Gasteiger partial charge < -0.3 is 15.3 Å². The minimum absolute atomic E-state index is 0.441. The first-order valence-electron chi connectivity index (χ1n) is 5.79. The lowest BCUT2D eigenvalue weighted by molar-refractivity contribution is 0.199. The third-order valence-electron chi connectivity index (χ3n) is 2.97. The second-order valence-electron chi connectivity index (χ2n) is 4.32. The summed E-state index contributed by atoms with van der Waals surface area (Å²) in [6, 6.07) is 2.02. The predicted octanol–water partition coefficient (Wildman–Crippen LogP) is 0.853. The van der Waals surface area contributed by atoms with Gasteiger partial charge in [0.25, 0.3) is 0 Å². The monoisotopic (exact) mass is 221 g/mol. The van der Waals surface area contributed by atoms with Crippen LogP contribution in [-0.2, 0) is 0 Å². The van der Waals surface area contributed by atoms with Gasteiger partial charge in [0.05, 0.1) is 6.10 Å². The summed E-state index contributed by atoms with van der Waals surface area (Å²) in [6.07, 6.45) is 1.33. The van der Waals surface area contributed by atoms with E-state index in [9.17, 15) is 5.11 Å². The Kier molecular flexibility index (Phi) is 3.41. The first kappa shape index (κ1) is 11.4. The molecule has 0 spiro atoms. The minimum atomic E-state index is -0.441. The highest BCUT2D eigenvalue weighted by Crippen LogP contribution is 2.21. The topological polar surface area (TPSA) is 48.4 Å². The van der Waals surface area contributed by atoms with Crippen molar-refractivity contribution in [2.75, 3.05) is 31.1 Å². The van der Waals surface area contributed by atoms with Crippen molar-refractivity contribution in [3.8, 4) is 0 Å². The zero-order valence-electron chi connectivity index (χ0n) is 9.90. The Morgan fingerprint density at radius 3 is 2.69 bits per heavy atom. The first-order valence-corrected chi connectivity index (χ1v) is 5.79. The highest BCUT2D eigenvalue weighted by molar-refractivity contribution is 5.48. The molecule has 0 radical (unpaired) electrons. The number of aliphatic hydroxyl groups excluding tert-OH is 1. The lowest BCUT2D eigenvalue weighted by Crippen LogP contribution is -2.44. The fraction of sp³-hybridized carbons (Fsp3) is 0.583. The molecule has 16 heavy (non-hydrogen) atoms. The number of rotatable bonds is 2. The third kappa shape index (κ3) is 2.33. The van der Waals surface area contributed by atoms with E-state index in [2.05, 4.69) is 22.1 Å². The van der Waals surface area contributed by atoms with Gasteiger partial charge >= 0.3 is 0 Å². The van der Waals surface area contributed by atoms with Crippen molar-refractivity contribution in [3.63, 3.8) is 0 Å². The summed E-state index contributed by atoms with van der Waals surface area (Å²) in [5.41, 5.74) is 2.02. The number of pyridine rings is 1. The summed E-state index contributed by atoms with van der Waals surface area (Å²) in [7, 11) is 0. The fourth-order valence-corrected chi connectivity index (χ4v) is 2.03. The minimum Gasteiger partial charge on any atom is -0.389 e. The zero-order valence-corrected chi connectivity index (χ0v) is 9.90. The van der Waals surface area contributed by atoms with Gasteiger partial charge in [0.15, 0.2) is 0 Å². The number of anilines is 1. The maximum atomic E-state index is 9.49. The average Bonchev–Trinajstić information content (AvgIpc) is 2.30. The molecule has 1 saturated heterocycles. The number of nitrogens with one attached hydrogen (secondary N) is 1. The normalized spacial score (nSPS) is 18.6. The molecule has 0 aromatic carbocycles. The van der Waals surface area contributed by atoms with Gasteiger partial charge in [-0.05, 0) is 31.0 Å². The van der Waals surface area contributed by atoms with Crippen LogP contribution in [0.5, 0.6) is 0 Å². The lowest BCUT2D eigenvalue weighted by Gasteiger charge is -2.29. The molecule has 2 N–H and O–H groups in total. The summed E-state index contributed by atoms with van der Waals surface area (Å²) in [5.74, 6) is 1.05. The Bertz CT molecular complexity index is 359. The number of nitrogens with zero attached hydrogens (tertiary/aromatic N) is 2. The second-order valence-corrected chi connectivity index (χ2v) is 4.32. The van der Waals surface area contributed by atoms with Crippen molar-refractivity contribution in [2.24, 2.45) is 0 Å². The Hall–Kier alpha value is -1.13. The molecule has 1 aromatic heterocycles. The van der Waals surface area contributed by atoms with Gasteiger partial charge in [-0.2, -0.15) is 0 Å². The van der Waals surface area contributed by atoms with Gasteiger partial charge in [-0.15, -0.1) is 0 Å². The Labute approximate surface area is 96.3 Å². The van der Waals surface area contributed by atoms with Crippen molar-refractivity contribution in [2.45, 2.75) is 20.0 Å². The number of hydrogen-bond acceptors (Lipinski definition) is 4. The van der Waals surface area contributed by atoms with Gasteiger partial charge in [-0.3, -0.25) is 0 Å². The second kappa shape index (κ2) is 4.80. The fourth-order valence-electron chi connectivity index (χ4n) is 2.03. The molecule has 0 aliphatic carbocycles. The molecule has 4 heteroatoms. The smallest absolute Gasteiger partial charge is 0.131 e. The van der Waals surface area contributed by atoms with Crippen LogP contribution >= 0.6 is 0 Å². The van der Waals surface area contributed by atoms with Gasteiger partial charge in [0.2, 0.25) is 0 Å². The van der Waals surface area contributed by atoms with Crippen molar-refractivity contribution < 1.29 is 5.11 Å². The molecule has 1 aromatic rings. The zero-order chi connectivity index (χ0) is 11.5. The Morgan fingerprint density at radius 2 is 2.12 bits per heavy atom. The molecule has 1 aliphatic heterocycles. The molecule has 0 amide bonds. The number of aliphatic hydroxyl groups is 1. The summed E-state index contributed by atoms with van der Waals surface area (Å²) in [6.45, 7) is 7.85. The van der Waals surface area contributed by atoms with Crippen LogP contribution in [0.4, 0.5) is 5.82 Å². The van der Waals surface area contributed by atoms with E-state index in [4.69, 9.17) is 0 Å². The van der Waals surface area contributed by atoms with Crippen molar-refractivity contribution in [1.82, 2.24) is 10.3 Å². The number of hydrogen-bond donors (Lipinski definition) is 2. The lowest BCUT2D eigenvalue weighted by atomic mass is 10.1. The number of piperazine rings is 1. The van der Waals surface area contributed by atoms with E-state index in [0.29, 0.717) is 0 Å². The maximum absolute atomic E-state index is 9.49. The standard InChI is InChI=1S/C12H19N3O/c1-9-7-11(10(2)16)8-14-12(9)15-5-3-13-4-6-15/h7-8,10,13,16H,3-6H2,1-2H3/t10-/m1/s1. The van der Waals surface area contributed by atoms with Crippen molar-refractivity contribution in [1.29, 1.82) is 0 Å². The molecule has 2 heterocycles. The predicted molar refractivity (Wildman–Crippen MR) is 64.7 cm³/mol. The van der Waals surface area contributed by atoms with Crippen LogP contribution < -0.4 is 10.2 Å². The van der Waals surface area contributed by atoms with Crippen LogP contribution in [0.3, 0.4) is 0 Å². The van der Waals surface area contributed by atoms with Crippen LogP contribution in [0.15, 0.2) is 12.3 Å². The molecule has 88 valence electrons. The maximum Gasteiger partial charge on any atom is 0.131 e. The molecular weight excluding hydrogens is 202 g/mol. The van der Waals surface area contributed by atoms with Crippen LogP contribution in [0, 0.1) is 6.92 Å². The first-order chi connectivity index (χ1) is 7.68. The molecule has 4 nitrogen and oxygen atoms in total. The highest BCUT2D eigenvalue weighted by Gasteiger charge is 2.14. The Balaban J connectivity index is 2.21. The average molecular weight is 221 g/mol. The van der Waals surface area contributed by atoms with E-state index in [1.807, 2.05) is 6.07 Å². The highest BCUT2D eigenvalue weighted by atomic mass is 16.3. The summed E-state index contributed by atoms with van der Waals surface area (Å²) in [4.78, 5) is 6.75. The molecule has 0 saturated carbocycles. The quantitative estimate of drug-likeness (QED) is 0.777. The van der Waals surface area contributed by atoms with Crippen molar-refractivity contribution >= 4 is 5.82 Å². The number of aryl methyl sites for hydroxylation is 1. The number of aromatic nitrogens is 1. The summed E-state index contributed by atoms with van der Waals surface area (Å²) < 4.78 is 0. The molecule has 2 rings (SSSR count). The molecule has 1 fully saturated rings. The van der Waals surface area contributed by atoms with Gasteiger partial charge in [-0.25, -0.2) is 4.98 Å². The molecule has 1 atom stereocenters.